The van der Waals surface area contributed by atoms with Gasteiger partial charge in [0.15, 0.2) is 0 Å². The van der Waals surface area contributed by atoms with E-state index in [0.717, 1.165) is 22.8 Å². The van der Waals surface area contributed by atoms with Crippen LogP contribution in [0.2, 0.25) is 0 Å². The first-order valence-electron chi connectivity index (χ1n) is 7.58. The summed E-state index contributed by atoms with van der Waals surface area (Å²) in [5.41, 5.74) is 3.66. The van der Waals surface area contributed by atoms with Gasteiger partial charge in [-0.1, -0.05) is 24.3 Å². The van der Waals surface area contributed by atoms with Gasteiger partial charge < -0.3 is 0 Å². The molecule has 0 N–H and O–H groups in total. The van der Waals surface area contributed by atoms with Crippen LogP contribution >= 0.6 is 0 Å². The third-order valence-corrected chi connectivity index (χ3v) is 3.18. The fourth-order valence-electron chi connectivity index (χ4n) is 2.06. The molecule has 4 heterocycles. The van der Waals surface area contributed by atoms with Gasteiger partial charge in [-0.25, -0.2) is 0 Å². The van der Waals surface area contributed by atoms with Gasteiger partial charge in [0.1, 0.15) is 0 Å². The van der Waals surface area contributed by atoms with E-state index in [1.807, 2.05) is 72.8 Å². The predicted molar refractivity (Wildman–Crippen MR) is 94.9 cm³/mol. The Hall–Kier alpha value is -2.91. The van der Waals surface area contributed by atoms with E-state index < -0.39 is 0 Å². The normalized spacial score (nSPS) is 9.28. The van der Waals surface area contributed by atoms with Crippen LogP contribution in [0.4, 0.5) is 0 Å². The Morgan fingerprint density at radius 3 is 0.760 bits per heavy atom. The van der Waals surface area contributed by atoms with Gasteiger partial charge in [-0.3, -0.25) is 19.9 Å². The average Bonchev–Trinajstić information content (AvgIpc) is 2.71. The largest absolute Gasteiger partial charge is 0.255 e. The Morgan fingerprint density at radius 2 is 0.600 bits per heavy atom. The Morgan fingerprint density at radius 1 is 0.360 bits per heavy atom. The molecule has 0 aliphatic heterocycles. The first-order valence-corrected chi connectivity index (χ1v) is 7.58. The Kier molecular flexibility index (Phi) is 7.42. The van der Waals surface area contributed by atoms with E-state index in [9.17, 15) is 0 Å². The van der Waals surface area contributed by atoms with Crippen molar-refractivity contribution in [3.63, 3.8) is 0 Å². The summed E-state index contributed by atoms with van der Waals surface area (Å²) in [5, 5.41) is 0. The predicted octanol–water partition coefficient (Wildman–Crippen LogP) is 4.28. The summed E-state index contributed by atoms with van der Waals surface area (Å²) in [6.45, 7) is 0. The fraction of sp³-hybridized carbons (Fsp3) is 0. The number of pyridine rings is 4. The topological polar surface area (TPSA) is 51.6 Å². The molecule has 0 saturated carbocycles. The molecule has 0 atom stereocenters. The molecular weight excluding hydrogens is 355 g/mol. The molecule has 0 aromatic carbocycles. The molecule has 0 radical (unpaired) electrons. The van der Waals surface area contributed by atoms with E-state index in [4.69, 9.17) is 0 Å². The van der Waals surface area contributed by atoms with Crippen LogP contribution < -0.4 is 0 Å². The first kappa shape index (κ1) is 18.4. The SMILES string of the molecule is [Ni].c1ccc(-c2ccccn2)nc1.c1ccc(-c2ccccn2)nc1. The van der Waals surface area contributed by atoms with Crippen LogP contribution in [0.5, 0.6) is 0 Å². The molecule has 4 aromatic rings. The zero-order valence-electron chi connectivity index (χ0n) is 13.3. The van der Waals surface area contributed by atoms with Crippen molar-refractivity contribution in [3.05, 3.63) is 97.6 Å². The van der Waals surface area contributed by atoms with Crippen LogP contribution in [-0.4, -0.2) is 19.9 Å². The maximum absolute atomic E-state index is 4.19. The molecule has 0 fully saturated rings. The van der Waals surface area contributed by atoms with Crippen molar-refractivity contribution >= 4 is 0 Å². The second kappa shape index (κ2) is 10.1. The van der Waals surface area contributed by atoms with E-state index in [0.29, 0.717) is 0 Å². The van der Waals surface area contributed by atoms with Crippen molar-refractivity contribution in [1.82, 2.24) is 19.9 Å². The summed E-state index contributed by atoms with van der Waals surface area (Å²) in [5.74, 6) is 0. The molecule has 0 aliphatic carbocycles. The van der Waals surface area contributed by atoms with Gasteiger partial charge >= 0.3 is 0 Å². The number of aromatic nitrogens is 4. The maximum atomic E-state index is 4.19. The van der Waals surface area contributed by atoms with Crippen LogP contribution in [0.25, 0.3) is 22.8 Å². The van der Waals surface area contributed by atoms with Crippen LogP contribution in [0.15, 0.2) is 97.6 Å². The van der Waals surface area contributed by atoms with Crippen molar-refractivity contribution in [3.8, 4) is 22.8 Å². The molecule has 25 heavy (non-hydrogen) atoms. The monoisotopic (exact) mass is 370 g/mol. The van der Waals surface area contributed by atoms with Crippen molar-refractivity contribution in [2.24, 2.45) is 0 Å². The number of rotatable bonds is 2. The molecule has 4 rings (SSSR count). The molecule has 5 heteroatoms. The molecule has 0 amide bonds. The van der Waals surface area contributed by atoms with Crippen LogP contribution in [-0.2, 0) is 16.5 Å². The zero-order valence-corrected chi connectivity index (χ0v) is 14.3. The van der Waals surface area contributed by atoms with Gasteiger partial charge in [0, 0.05) is 41.3 Å². The molecule has 0 aliphatic rings. The van der Waals surface area contributed by atoms with Crippen LogP contribution in [0.3, 0.4) is 0 Å². The van der Waals surface area contributed by atoms with E-state index in [1.54, 1.807) is 24.8 Å². The number of hydrogen-bond donors (Lipinski definition) is 0. The summed E-state index contributed by atoms with van der Waals surface area (Å²) < 4.78 is 0. The van der Waals surface area contributed by atoms with Gasteiger partial charge in [0.25, 0.3) is 0 Å². The zero-order chi connectivity index (χ0) is 16.5. The van der Waals surface area contributed by atoms with E-state index in [1.165, 1.54) is 0 Å². The smallest absolute Gasteiger partial charge is 0.0886 e. The third-order valence-electron chi connectivity index (χ3n) is 3.18. The summed E-state index contributed by atoms with van der Waals surface area (Å²) >= 11 is 0. The molecule has 0 unspecified atom stereocenters. The van der Waals surface area contributed by atoms with Gasteiger partial charge in [0.2, 0.25) is 0 Å². The van der Waals surface area contributed by atoms with Crippen molar-refractivity contribution in [1.29, 1.82) is 0 Å². The van der Waals surface area contributed by atoms with E-state index in [2.05, 4.69) is 19.9 Å². The molecule has 126 valence electrons. The van der Waals surface area contributed by atoms with Crippen molar-refractivity contribution < 1.29 is 16.5 Å². The molecular formula is C20H16N4Ni. The second-order valence-electron chi connectivity index (χ2n) is 4.86. The summed E-state index contributed by atoms with van der Waals surface area (Å²) in [4.78, 5) is 16.7. The molecule has 4 nitrogen and oxygen atoms in total. The standard InChI is InChI=1S/2C10H8N2.Ni/c2*1-3-7-11-9(5-1)10-6-2-4-8-12-10;/h2*1-8H;. The minimum Gasteiger partial charge on any atom is -0.255 e. The molecule has 0 spiro atoms. The number of hydrogen-bond acceptors (Lipinski definition) is 4. The Balaban J connectivity index is 0.000000173. The Bertz CT molecular complexity index is 692. The second-order valence-corrected chi connectivity index (χ2v) is 4.86. The van der Waals surface area contributed by atoms with Gasteiger partial charge in [0.05, 0.1) is 22.8 Å². The molecule has 0 bridgehead atoms. The van der Waals surface area contributed by atoms with Crippen LogP contribution in [0, 0.1) is 0 Å². The van der Waals surface area contributed by atoms with Crippen molar-refractivity contribution in [2.45, 2.75) is 0 Å². The van der Waals surface area contributed by atoms with Crippen LogP contribution in [0.1, 0.15) is 0 Å². The maximum Gasteiger partial charge on any atom is 0.0886 e. The third kappa shape index (κ3) is 5.59. The summed E-state index contributed by atoms with van der Waals surface area (Å²) in [6.07, 6.45) is 7.07. The fourth-order valence-corrected chi connectivity index (χ4v) is 2.06. The first-order chi connectivity index (χ1) is 11.9. The van der Waals surface area contributed by atoms with Gasteiger partial charge in [-0.15, -0.1) is 0 Å². The van der Waals surface area contributed by atoms with Gasteiger partial charge in [-0.2, -0.15) is 0 Å². The number of nitrogens with zero attached hydrogens (tertiary/aromatic N) is 4. The minimum atomic E-state index is 0. The van der Waals surface area contributed by atoms with E-state index >= 15 is 0 Å². The quantitative estimate of drug-likeness (QED) is 0.494. The molecule has 4 aromatic heterocycles. The summed E-state index contributed by atoms with van der Waals surface area (Å²) in [7, 11) is 0. The average molecular weight is 371 g/mol. The minimum absolute atomic E-state index is 0. The Labute approximate surface area is 157 Å². The summed E-state index contributed by atoms with van der Waals surface area (Å²) in [6, 6.07) is 23.2. The molecule has 0 saturated heterocycles. The van der Waals surface area contributed by atoms with E-state index in [-0.39, 0.29) is 16.5 Å². The van der Waals surface area contributed by atoms with Gasteiger partial charge in [-0.05, 0) is 48.5 Å². The van der Waals surface area contributed by atoms with Crippen molar-refractivity contribution in [2.75, 3.05) is 0 Å².